The smallest absolute Gasteiger partial charge is 0.245 e. The van der Waals surface area contributed by atoms with Gasteiger partial charge in [0.05, 0.1) is 0 Å². The Morgan fingerprint density at radius 1 is 1.40 bits per heavy atom. The summed E-state index contributed by atoms with van der Waals surface area (Å²) in [5, 5.41) is 0. The lowest BCUT2D eigenvalue weighted by Gasteiger charge is -2.20. The van der Waals surface area contributed by atoms with Gasteiger partial charge in [-0.15, -0.1) is 0 Å². The van der Waals surface area contributed by atoms with Gasteiger partial charge >= 0.3 is 0 Å². The SMILES string of the molecule is C=CC(=O)N(CCC)CCCCC(F)F. The molecule has 0 aromatic heterocycles. The lowest BCUT2D eigenvalue weighted by atomic mass is 10.2. The zero-order valence-corrected chi connectivity index (χ0v) is 9.22. The molecule has 0 aliphatic carbocycles. The predicted molar refractivity (Wildman–Crippen MR) is 56.9 cm³/mol. The molecule has 0 rings (SSSR count). The molecular weight excluding hydrogens is 200 g/mol. The van der Waals surface area contributed by atoms with Gasteiger partial charge in [0.15, 0.2) is 0 Å². The molecule has 0 N–H and O–H groups in total. The van der Waals surface area contributed by atoms with E-state index < -0.39 is 6.43 Å². The first-order valence-corrected chi connectivity index (χ1v) is 5.31. The minimum atomic E-state index is -2.24. The maximum atomic E-state index is 11.8. The second-order valence-electron chi connectivity index (χ2n) is 3.42. The van der Waals surface area contributed by atoms with Crippen molar-refractivity contribution in [3.8, 4) is 0 Å². The number of alkyl halides is 2. The van der Waals surface area contributed by atoms with E-state index in [0.29, 0.717) is 25.9 Å². The van der Waals surface area contributed by atoms with Gasteiger partial charge in [-0.1, -0.05) is 13.5 Å². The van der Waals surface area contributed by atoms with Crippen LogP contribution >= 0.6 is 0 Å². The van der Waals surface area contributed by atoms with E-state index in [-0.39, 0.29) is 12.3 Å². The lowest BCUT2D eigenvalue weighted by Crippen LogP contribution is -2.31. The Morgan fingerprint density at radius 3 is 2.53 bits per heavy atom. The first-order chi connectivity index (χ1) is 7.11. The van der Waals surface area contributed by atoms with Crippen LogP contribution in [-0.4, -0.2) is 30.3 Å². The van der Waals surface area contributed by atoms with E-state index in [1.54, 1.807) is 4.90 Å². The molecule has 0 aliphatic heterocycles. The van der Waals surface area contributed by atoms with Crippen molar-refractivity contribution in [1.82, 2.24) is 4.90 Å². The van der Waals surface area contributed by atoms with Gasteiger partial charge in [0.2, 0.25) is 12.3 Å². The molecule has 0 aromatic rings. The Balaban J connectivity index is 3.75. The van der Waals surface area contributed by atoms with Gasteiger partial charge in [-0.25, -0.2) is 8.78 Å². The van der Waals surface area contributed by atoms with Crippen LogP contribution in [0.25, 0.3) is 0 Å². The number of halogens is 2. The summed E-state index contributed by atoms with van der Waals surface area (Å²) in [7, 11) is 0. The molecule has 0 bridgehead atoms. The van der Waals surface area contributed by atoms with Crippen molar-refractivity contribution in [2.24, 2.45) is 0 Å². The molecule has 0 fully saturated rings. The fourth-order valence-corrected chi connectivity index (χ4v) is 1.33. The molecule has 88 valence electrons. The molecule has 0 atom stereocenters. The summed E-state index contributed by atoms with van der Waals surface area (Å²) >= 11 is 0. The van der Waals surface area contributed by atoms with E-state index in [1.807, 2.05) is 6.92 Å². The topological polar surface area (TPSA) is 20.3 Å². The monoisotopic (exact) mass is 219 g/mol. The van der Waals surface area contributed by atoms with E-state index in [0.717, 1.165) is 6.42 Å². The number of hydrogen-bond donors (Lipinski definition) is 0. The summed E-state index contributed by atoms with van der Waals surface area (Å²) in [6, 6.07) is 0. The zero-order valence-electron chi connectivity index (χ0n) is 9.22. The molecule has 4 heteroatoms. The van der Waals surface area contributed by atoms with Crippen LogP contribution in [0.15, 0.2) is 12.7 Å². The standard InChI is InChI=1S/C11H19F2NO/c1-3-8-14(11(15)4-2)9-6-5-7-10(12)13/h4,10H,2-3,5-9H2,1H3. The molecule has 0 radical (unpaired) electrons. The van der Waals surface area contributed by atoms with Crippen LogP contribution in [0.1, 0.15) is 32.6 Å². The van der Waals surface area contributed by atoms with Gasteiger partial charge in [0.25, 0.3) is 0 Å². The van der Waals surface area contributed by atoms with Crippen molar-refractivity contribution in [1.29, 1.82) is 0 Å². The van der Waals surface area contributed by atoms with Gasteiger partial charge in [0, 0.05) is 19.5 Å². The van der Waals surface area contributed by atoms with Crippen molar-refractivity contribution < 1.29 is 13.6 Å². The molecule has 0 saturated heterocycles. The molecule has 0 heterocycles. The zero-order chi connectivity index (χ0) is 11.7. The Hall–Kier alpha value is -0.930. The molecule has 0 aliphatic rings. The Bertz CT molecular complexity index is 195. The predicted octanol–water partition coefficient (Wildman–Crippen LogP) is 2.85. The number of hydrogen-bond acceptors (Lipinski definition) is 1. The number of rotatable bonds is 8. The maximum absolute atomic E-state index is 11.8. The molecule has 15 heavy (non-hydrogen) atoms. The molecular formula is C11H19F2NO. The van der Waals surface area contributed by atoms with Crippen molar-refractivity contribution in [2.45, 2.75) is 39.0 Å². The maximum Gasteiger partial charge on any atom is 0.245 e. The minimum Gasteiger partial charge on any atom is -0.339 e. The van der Waals surface area contributed by atoms with Crippen LogP contribution in [0.4, 0.5) is 8.78 Å². The number of unbranched alkanes of at least 4 members (excludes halogenated alkanes) is 1. The van der Waals surface area contributed by atoms with Gasteiger partial charge in [-0.2, -0.15) is 0 Å². The molecule has 1 amide bonds. The molecule has 0 unspecified atom stereocenters. The fraction of sp³-hybridized carbons (Fsp3) is 0.727. The van der Waals surface area contributed by atoms with E-state index in [1.165, 1.54) is 6.08 Å². The third-order valence-corrected chi connectivity index (χ3v) is 2.08. The van der Waals surface area contributed by atoms with Crippen molar-refractivity contribution >= 4 is 5.91 Å². The summed E-state index contributed by atoms with van der Waals surface area (Å²) in [5.41, 5.74) is 0. The number of amides is 1. The highest BCUT2D eigenvalue weighted by Gasteiger charge is 2.09. The first-order valence-electron chi connectivity index (χ1n) is 5.31. The van der Waals surface area contributed by atoms with Crippen LogP contribution in [0.3, 0.4) is 0 Å². The lowest BCUT2D eigenvalue weighted by molar-refractivity contribution is -0.126. The largest absolute Gasteiger partial charge is 0.339 e. The highest BCUT2D eigenvalue weighted by molar-refractivity contribution is 5.86. The Labute approximate surface area is 90.0 Å². The first kappa shape index (κ1) is 14.1. The van der Waals surface area contributed by atoms with Gasteiger partial charge in [0.1, 0.15) is 0 Å². The number of nitrogens with zero attached hydrogens (tertiary/aromatic N) is 1. The average Bonchev–Trinajstić information content (AvgIpc) is 2.21. The van der Waals surface area contributed by atoms with Crippen LogP contribution in [0.2, 0.25) is 0 Å². The van der Waals surface area contributed by atoms with E-state index in [4.69, 9.17) is 0 Å². The van der Waals surface area contributed by atoms with E-state index in [2.05, 4.69) is 6.58 Å². The highest BCUT2D eigenvalue weighted by atomic mass is 19.3. The number of carbonyl (C=O) groups is 1. The highest BCUT2D eigenvalue weighted by Crippen LogP contribution is 2.07. The quantitative estimate of drug-likeness (QED) is 0.454. The van der Waals surface area contributed by atoms with Gasteiger partial charge in [-0.3, -0.25) is 4.79 Å². The summed E-state index contributed by atoms with van der Waals surface area (Å²) in [6.07, 6.45) is 0.908. The second kappa shape index (κ2) is 8.38. The summed E-state index contributed by atoms with van der Waals surface area (Å²) in [5.74, 6) is -0.117. The molecule has 0 spiro atoms. The molecule has 2 nitrogen and oxygen atoms in total. The van der Waals surface area contributed by atoms with Crippen LogP contribution in [0, 0.1) is 0 Å². The third kappa shape index (κ3) is 7.05. The second-order valence-corrected chi connectivity index (χ2v) is 3.42. The van der Waals surface area contributed by atoms with Crippen molar-refractivity contribution in [2.75, 3.05) is 13.1 Å². The molecule has 0 aromatic carbocycles. The van der Waals surface area contributed by atoms with Crippen molar-refractivity contribution in [3.05, 3.63) is 12.7 Å². The fourth-order valence-electron chi connectivity index (χ4n) is 1.33. The summed E-state index contributed by atoms with van der Waals surface area (Å²) in [6.45, 7) is 6.60. The minimum absolute atomic E-state index is 0.0811. The van der Waals surface area contributed by atoms with Crippen LogP contribution in [0.5, 0.6) is 0 Å². The van der Waals surface area contributed by atoms with Gasteiger partial charge < -0.3 is 4.90 Å². The Morgan fingerprint density at radius 2 is 2.07 bits per heavy atom. The summed E-state index contributed by atoms with van der Waals surface area (Å²) < 4.78 is 23.7. The normalized spacial score (nSPS) is 10.4. The van der Waals surface area contributed by atoms with Crippen LogP contribution < -0.4 is 0 Å². The Kier molecular flexibility index (Phi) is 7.86. The average molecular weight is 219 g/mol. The summed E-state index contributed by atoms with van der Waals surface area (Å²) in [4.78, 5) is 12.9. The van der Waals surface area contributed by atoms with Crippen LogP contribution in [-0.2, 0) is 4.79 Å². The third-order valence-electron chi connectivity index (χ3n) is 2.08. The number of carbonyl (C=O) groups excluding carboxylic acids is 1. The van der Waals surface area contributed by atoms with E-state index >= 15 is 0 Å². The molecule has 0 saturated carbocycles. The van der Waals surface area contributed by atoms with Crippen molar-refractivity contribution in [3.63, 3.8) is 0 Å². The van der Waals surface area contributed by atoms with E-state index in [9.17, 15) is 13.6 Å². The van der Waals surface area contributed by atoms with Gasteiger partial charge in [-0.05, 0) is 25.3 Å².